The molecule has 3 aromatic rings. The van der Waals surface area contributed by atoms with Crippen LogP contribution in [0.15, 0.2) is 53.8 Å². The molecule has 156 valence electrons. The number of carbonyl (C=O) groups is 2. The lowest BCUT2D eigenvalue weighted by Crippen LogP contribution is -2.19. The molecule has 3 N–H and O–H groups in total. The molecule has 8 nitrogen and oxygen atoms in total. The van der Waals surface area contributed by atoms with Crippen molar-refractivity contribution in [2.75, 3.05) is 14.2 Å². The van der Waals surface area contributed by atoms with Gasteiger partial charge in [-0.25, -0.2) is 5.43 Å². The number of nitrogens with one attached hydrogen (secondary N) is 1. The summed E-state index contributed by atoms with van der Waals surface area (Å²) >= 11 is 0. The summed E-state index contributed by atoms with van der Waals surface area (Å²) in [6.45, 7) is 0.481. The van der Waals surface area contributed by atoms with Gasteiger partial charge in [0.25, 0.3) is 0 Å². The van der Waals surface area contributed by atoms with E-state index in [9.17, 15) is 9.59 Å². The summed E-state index contributed by atoms with van der Waals surface area (Å²) in [7, 11) is 3.11. The lowest BCUT2D eigenvalue weighted by Gasteiger charge is -2.09. The monoisotopic (exact) mass is 408 g/mol. The molecule has 0 aliphatic heterocycles. The van der Waals surface area contributed by atoms with Crippen LogP contribution in [0.3, 0.4) is 0 Å². The van der Waals surface area contributed by atoms with Crippen LogP contribution in [0.1, 0.15) is 17.5 Å². The normalized spacial score (nSPS) is 11.0. The average Bonchev–Trinajstić information content (AvgIpc) is 3.10. The number of hydrogen-bond acceptors (Lipinski definition) is 5. The summed E-state index contributed by atoms with van der Waals surface area (Å²) in [5, 5.41) is 5.06. The molecule has 0 saturated carbocycles. The Hall–Kier alpha value is -3.81. The van der Waals surface area contributed by atoms with Crippen LogP contribution in [0.5, 0.6) is 11.5 Å². The third-order valence-corrected chi connectivity index (χ3v) is 4.62. The molecule has 0 atom stereocenters. The molecule has 0 fully saturated rings. The Labute approximate surface area is 174 Å². The van der Waals surface area contributed by atoms with Gasteiger partial charge in [-0.1, -0.05) is 24.3 Å². The summed E-state index contributed by atoms with van der Waals surface area (Å²) in [5.74, 6) is 0.559. The Bertz CT molecular complexity index is 1090. The fourth-order valence-corrected chi connectivity index (χ4v) is 3.18. The minimum Gasteiger partial charge on any atom is -0.493 e. The standard InChI is InChI=1S/C22H24N4O4/c1-29-19-8-7-15(11-20(19)30-2)12-22(28)25-24-13-16-14-26(10-9-21(23)27)18-6-4-3-5-17(16)18/h3-8,11,13-14H,9-10,12H2,1-2H3,(H2,23,27)(H,25,28). The molecular weight excluding hydrogens is 384 g/mol. The molecule has 0 spiro atoms. The van der Waals surface area contributed by atoms with E-state index in [1.807, 2.05) is 35.0 Å². The quantitative estimate of drug-likeness (QED) is 0.418. The maximum Gasteiger partial charge on any atom is 0.244 e. The Morgan fingerprint density at radius 2 is 1.90 bits per heavy atom. The maximum absolute atomic E-state index is 12.2. The minimum absolute atomic E-state index is 0.151. The molecule has 0 unspecified atom stereocenters. The summed E-state index contributed by atoms with van der Waals surface area (Å²) < 4.78 is 12.4. The Morgan fingerprint density at radius 1 is 1.13 bits per heavy atom. The fraction of sp³-hybridized carbons (Fsp3) is 0.227. The number of fused-ring (bicyclic) bond motifs is 1. The second-order valence-electron chi connectivity index (χ2n) is 6.67. The van der Waals surface area contributed by atoms with Crippen LogP contribution < -0.4 is 20.6 Å². The molecule has 0 bridgehead atoms. The first kappa shape index (κ1) is 20.9. The number of hydrazone groups is 1. The van der Waals surface area contributed by atoms with E-state index in [1.165, 1.54) is 0 Å². The zero-order chi connectivity index (χ0) is 21.5. The zero-order valence-corrected chi connectivity index (χ0v) is 16.9. The van der Waals surface area contributed by atoms with Crippen molar-refractivity contribution in [1.29, 1.82) is 0 Å². The maximum atomic E-state index is 12.2. The van der Waals surface area contributed by atoms with Gasteiger partial charge in [0.15, 0.2) is 11.5 Å². The van der Waals surface area contributed by atoms with Gasteiger partial charge < -0.3 is 19.8 Å². The van der Waals surface area contributed by atoms with Crippen LogP contribution >= 0.6 is 0 Å². The highest BCUT2D eigenvalue weighted by molar-refractivity contribution is 5.99. The molecule has 0 radical (unpaired) electrons. The summed E-state index contributed by atoms with van der Waals surface area (Å²) in [5.41, 5.74) is 10.4. The smallest absolute Gasteiger partial charge is 0.244 e. The number of aryl methyl sites for hydroxylation is 1. The van der Waals surface area contributed by atoms with Gasteiger partial charge in [0, 0.05) is 35.6 Å². The lowest BCUT2D eigenvalue weighted by molar-refractivity contribution is -0.120. The topological polar surface area (TPSA) is 108 Å². The summed E-state index contributed by atoms with van der Waals surface area (Å²) in [4.78, 5) is 23.4. The average molecular weight is 408 g/mol. The second kappa shape index (κ2) is 9.60. The van der Waals surface area contributed by atoms with E-state index >= 15 is 0 Å². The third kappa shape index (κ3) is 4.96. The van der Waals surface area contributed by atoms with Crippen LogP contribution in [-0.4, -0.2) is 36.8 Å². The first-order valence-corrected chi connectivity index (χ1v) is 9.40. The number of nitrogens with two attached hydrogens (primary N) is 1. The van der Waals surface area contributed by atoms with E-state index < -0.39 is 0 Å². The van der Waals surface area contributed by atoms with Gasteiger partial charge in [0.05, 0.1) is 26.9 Å². The van der Waals surface area contributed by atoms with Crippen LogP contribution in [0.4, 0.5) is 0 Å². The molecule has 30 heavy (non-hydrogen) atoms. The van der Waals surface area contributed by atoms with Crippen LogP contribution in [-0.2, 0) is 22.6 Å². The van der Waals surface area contributed by atoms with Crippen molar-refractivity contribution in [3.8, 4) is 11.5 Å². The highest BCUT2D eigenvalue weighted by atomic mass is 16.5. The number of hydrogen-bond donors (Lipinski definition) is 2. The SMILES string of the molecule is COc1ccc(CC(=O)NN=Cc2cn(CCC(N)=O)c3ccccc23)cc1OC. The van der Waals surface area contributed by atoms with Gasteiger partial charge >= 0.3 is 0 Å². The summed E-state index contributed by atoms with van der Waals surface area (Å²) in [6, 6.07) is 13.1. The Balaban J connectivity index is 1.68. The molecular formula is C22H24N4O4. The van der Waals surface area contributed by atoms with Gasteiger partial charge in [-0.05, 0) is 23.8 Å². The van der Waals surface area contributed by atoms with E-state index in [1.54, 1.807) is 38.6 Å². The van der Waals surface area contributed by atoms with E-state index in [2.05, 4.69) is 10.5 Å². The summed E-state index contributed by atoms with van der Waals surface area (Å²) in [6.07, 6.45) is 3.88. The number of nitrogens with zero attached hydrogens (tertiary/aromatic N) is 2. The predicted octanol–water partition coefficient (Wildman–Crippen LogP) is 2.23. The van der Waals surface area contributed by atoms with Gasteiger partial charge in [-0.2, -0.15) is 5.10 Å². The number of ether oxygens (including phenoxy) is 2. The highest BCUT2D eigenvalue weighted by Gasteiger charge is 2.09. The Morgan fingerprint density at radius 3 is 2.63 bits per heavy atom. The largest absolute Gasteiger partial charge is 0.493 e. The number of aromatic nitrogens is 1. The van der Waals surface area contributed by atoms with Crippen molar-refractivity contribution in [3.63, 3.8) is 0 Å². The van der Waals surface area contributed by atoms with E-state index in [4.69, 9.17) is 15.2 Å². The lowest BCUT2D eigenvalue weighted by atomic mass is 10.1. The van der Waals surface area contributed by atoms with Gasteiger partial charge in [0.2, 0.25) is 11.8 Å². The van der Waals surface area contributed by atoms with Crippen LogP contribution in [0.25, 0.3) is 10.9 Å². The predicted molar refractivity (Wildman–Crippen MR) is 115 cm³/mol. The fourth-order valence-electron chi connectivity index (χ4n) is 3.18. The molecule has 8 heteroatoms. The minimum atomic E-state index is -0.356. The van der Waals surface area contributed by atoms with E-state index in [-0.39, 0.29) is 24.7 Å². The van der Waals surface area contributed by atoms with E-state index in [0.717, 1.165) is 22.0 Å². The van der Waals surface area contributed by atoms with Crippen molar-refractivity contribution in [3.05, 3.63) is 59.8 Å². The molecule has 2 amide bonds. The molecule has 0 aliphatic carbocycles. The second-order valence-corrected chi connectivity index (χ2v) is 6.67. The number of amides is 2. The van der Waals surface area contributed by atoms with E-state index in [0.29, 0.717) is 18.0 Å². The van der Waals surface area contributed by atoms with Crippen LogP contribution in [0.2, 0.25) is 0 Å². The van der Waals surface area contributed by atoms with Crippen molar-refractivity contribution >= 4 is 28.9 Å². The van der Waals surface area contributed by atoms with Crippen molar-refractivity contribution in [1.82, 2.24) is 9.99 Å². The number of para-hydroxylation sites is 1. The number of benzene rings is 2. The molecule has 1 heterocycles. The van der Waals surface area contributed by atoms with Gasteiger partial charge in [-0.15, -0.1) is 0 Å². The van der Waals surface area contributed by atoms with Gasteiger partial charge in [0.1, 0.15) is 0 Å². The number of rotatable bonds is 9. The molecule has 0 aliphatic rings. The number of methoxy groups -OCH3 is 2. The van der Waals surface area contributed by atoms with Crippen LogP contribution in [0, 0.1) is 0 Å². The third-order valence-electron chi connectivity index (χ3n) is 4.62. The highest BCUT2D eigenvalue weighted by Crippen LogP contribution is 2.27. The Kier molecular flexibility index (Phi) is 6.69. The zero-order valence-electron chi connectivity index (χ0n) is 16.9. The first-order chi connectivity index (χ1) is 14.5. The first-order valence-electron chi connectivity index (χ1n) is 9.40. The molecule has 0 saturated heterocycles. The molecule has 2 aromatic carbocycles. The number of carbonyl (C=O) groups excluding carboxylic acids is 2. The molecule has 1 aromatic heterocycles. The van der Waals surface area contributed by atoms with Gasteiger partial charge in [-0.3, -0.25) is 9.59 Å². The van der Waals surface area contributed by atoms with Crippen molar-refractivity contribution in [2.45, 2.75) is 19.4 Å². The van der Waals surface area contributed by atoms with Crippen molar-refractivity contribution in [2.24, 2.45) is 10.8 Å². The molecule has 3 rings (SSSR count). The number of primary amides is 1. The van der Waals surface area contributed by atoms with Crippen molar-refractivity contribution < 1.29 is 19.1 Å².